The van der Waals surface area contributed by atoms with Crippen LogP contribution in [0.15, 0.2) is 95.3 Å². The number of amides is 2. The number of hydrogen-bond donors (Lipinski definition) is 2. The van der Waals surface area contributed by atoms with Crippen molar-refractivity contribution in [2.75, 3.05) is 16.4 Å². The Bertz CT molecular complexity index is 1260. The molecule has 0 spiro atoms. The summed E-state index contributed by atoms with van der Waals surface area (Å²) in [6.45, 7) is 0. The van der Waals surface area contributed by atoms with Crippen LogP contribution in [0, 0.1) is 0 Å². The van der Waals surface area contributed by atoms with Gasteiger partial charge in [-0.05, 0) is 48.0 Å². The smallest absolute Gasteiger partial charge is 0.250 e. The molecule has 7 nitrogen and oxygen atoms in total. The van der Waals surface area contributed by atoms with Crippen molar-refractivity contribution in [3.8, 4) is 11.5 Å². The van der Waals surface area contributed by atoms with E-state index in [0.717, 1.165) is 11.3 Å². The highest BCUT2D eigenvalue weighted by Crippen LogP contribution is 2.26. The predicted octanol–water partition coefficient (Wildman–Crippen LogP) is 5.71. The van der Waals surface area contributed by atoms with Crippen LogP contribution in [-0.4, -0.2) is 27.8 Å². The van der Waals surface area contributed by atoms with Crippen LogP contribution in [0.4, 0.5) is 10.8 Å². The predicted molar refractivity (Wildman–Crippen MR) is 136 cm³/mol. The number of benzene rings is 3. The molecule has 0 atom stereocenters. The van der Waals surface area contributed by atoms with E-state index in [4.69, 9.17) is 4.74 Å². The summed E-state index contributed by atoms with van der Waals surface area (Å²) in [4.78, 5) is 24.3. The van der Waals surface area contributed by atoms with Crippen LogP contribution in [0.3, 0.4) is 0 Å². The van der Waals surface area contributed by atoms with Gasteiger partial charge >= 0.3 is 0 Å². The quantitative estimate of drug-likeness (QED) is 0.178. The Morgan fingerprint density at radius 2 is 1.53 bits per heavy atom. The Morgan fingerprint density at radius 1 is 0.853 bits per heavy atom. The van der Waals surface area contributed by atoms with Crippen molar-refractivity contribution >= 4 is 51.8 Å². The highest BCUT2D eigenvalue weighted by Gasteiger charge is 2.10. The van der Waals surface area contributed by atoms with E-state index in [0.29, 0.717) is 20.9 Å². The summed E-state index contributed by atoms with van der Waals surface area (Å²) in [6.07, 6.45) is 3.16. The van der Waals surface area contributed by atoms with Gasteiger partial charge in [-0.15, -0.1) is 10.2 Å². The van der Waals surface area contributed by atoms with Gasteiger partial charge in [-0.3, -0.25) is 14.9 Å². The van der Waals surface area contributed by atoms with Crippen LogP contribution in [0.1, 0.15) is 5.56 Å². The van der Waals surface area contributed by atoms with Crippen LogP contribution in [0.25, 0.3) is 6.08 Å². The van der Waals surface area contributed by atoms with Gasteiger partial charge in [-0.1, -0.05) is 71.6 Å². The third kappa shape index (κ3) is 7.29. The van der Waals surface area contributed by atoms with Crippen LogP contribution < -0.4 is 15.4 Å². The lowest BCUT2D eigenvalue weighted by molar-refractivity contribution is -0.114. The Kier molecular flexibility index (Phi) is 8.04. The number of anilines is 2. The molecule has 0 radical (unpaired) electrons. The number of aromatic nitrogens is 2. The van der Waals surface area contributed by atoms with E-state index in [9.17, 15) is 9.59 Å². The number of rotatable bonds is 9. The first-order valence-corrected chi connectivity index (χ1v) is 12.1. The largest absolute Gasteiger partial charge is 0.457 e. The maximum Gasteiger partial charge on any atom is 0.250 e. The number of carbonyl (C=O) groups is 2. The van der Waals surface area contributed by atoms with E-state index in [-0.39, 0.29) is 17.6 Å². The molecule has 2 N–H and O–H groups in total. The van der Waals surface area contributed by atoms with E-state index < -0.39 is 0 Å². The average molecular weight is 489 g/mol. The summed E-state index contributed by atoms with van der Waals surface area (Å²) in [5.41, 5.74) is 1.59. The fraction of sp³-hybridized carbons (Fsp3) is 0.0400. The summed E-state index contributed by atoms with van der Waals surface area (Å²) in [6, 6.07) is 26.1. The first kappa shape index (κ1) is 23.2. The number of nitrogens with zero attached hydrogens (tertiary/aromatic N) is 2. The lowest BCUT2D eigenvalue weighted by Gasteiger charge is -2.07. The van der Waals surface area contributed by atoms with Crippen LogP contribution in [0.2, 0.25) is 0 Å². The van der Waals surface area contributed by atoms with Crippen molar-refractivity contribution in [2.45, 2.75) is 4.34 Å². The monoisotopic (exact) mass is 488 g/mol. The van der Waals surface area contributed by atoms with Gasteiger partial charge in [0.05, 0.1) is 5.75 Å². The van der Waals surface area contributed by atoms with E-state index >= 15 is 0 Å². The zero-order valence-corrected chi connectivity index (χ0v) is 19.5. The number of para-hydroxylation sites is 1. The Labute approximate surface area is 204 Å². The minimum absolute atomic E-state index is 0.165. The number of thioether (sulfide) groups is 1. The van der Waals surface area contributed by atoms with Crippen LogP contribution >= 0.6 is 23.1 Å². The van der Waals surface area contributed by atoms with Gasteiger partial charge in [0.2, 0.25) is 16.9 Å². The fourth-order valence-corrected chi connectivity index (χ4v) is 4.31. The second-order valence-electron chi connectivity index (χ2n) is 6.88. The highest BCUT2D eigenvalue weighted by molar-refractivity contribution is 8.01. The molecule has 2 amide bonds. The maximum atomic E-state index is 12.3. The van der Waals surface area contributed by atoms with Gasteiger partial charge in [0.25, 0.3) is 0 Å². The molecule has 0 aliphatic heterocycles. The summed E-state index contributed by atoms with van der Waals surface area (Å²) < 4.78 is 6.33. The molecule has 0 fully saturated rings. The number of nitrogens with one attached hydrogen (secondary N) is 2. The summed E-state index contributed by atoms with van der Waals surface area (Å²) in [5, 5.41) is 13.9. The summed E-state index contributed by atoms with van der Waals surface area (Å²) in [5.74, 6) is 1.12. The molecular formula is C25H20N4O3S2. The molecule has 0 aliphatic rings. The zero-order valence-electron chi connectivity index (χ0n) is 17.9. The topological polar surface area (TPSA) is 93.2 Å². The lowest BCUT2D eigenvalue weighted by Crippen LogP contribution is -2.13. The molecule has 170 valence electrons. The normalized spacial score (nSPS) is 10.7. The minimum atomic E-state index is -0.297. The van der Waals surface area contributed by atoms with Crippen molar-refractivity contribution in [2.24, 2.45) is 0 Å². The number of ether oxygens (including phenoxy) is 1. The molecule has 1 aromatic heterocycles. The Morgan fingerprint density at radius 3 is 2.26 bits per heavy atom. The standard InChI is InChI=1S/C25H20N4O3S2/c30-22(16-11-18-7-3-1-4-8-18)27-24-28-29-25(34-24)33-17-23(31)26-19-12-14-21(15-13-19)32-20-9-5-2-6-10-20/h1-16H,17H2,(H,26,31)(H,27,28,30)/b16-11+. The molecule has 0 bridgehead atoms. The summed E-state index contributed by atoms with van der Waals surface area (Å²) in [7, 11) is 0. The van der Waals surface area contributed by atoms with E-state index in [1.165, 1.54) is 29.2 Å². The molecule has 0 aliphatic carbocycles. The molecule has 4 rings (SSSR count). The van der Waals surface area contributed by atoms with Crippen LogP contribution in [0.5, 0.6) is 11.5 Å². The second-order valence-corrected chi connectivity index (χ2v) is 9.08. The molecule has 0 saturated heterocycles. The van der Waals surface area contributed by atoms with Crippen molar-refractivity contribution in [1.29, 1.82) is 0 Å². The van der Waals surface area contributed by atoms with E-state index in [1.807, 2.05) is 60.7 Å². The number of carbonyl (C=O) groups excluding carboxylic acids is 2. The van der Waals surface area contributed by atoms with Crippen molar-refractivity contribution in [3.63, 3.8) is 0 Å². The van der Waals surface area contributed by atoms with Crippen molar-refractivity contribution < 1.29 is 14.3 Å². The van der Waals surface area contributed by atoms with Crippen molar-refractivity contribution in [1.82, 2.24) is 10.2 Å². The zero-order chi connectivity index (χ0) is 23.6. The summed E-state index contributed by atoms with van der Waals surface area (Å²) >= 11 is 2.46. The van der Waals surface area contributed by atoms with Gasteiger partial charge in [-0.25, -0.2) is 0 Å². The fourth-order valence-electron chi connectivity index (χ4n) is 2.76. The van der Waals surface area contributed by atoms with E-state index in [2.05, 4.69) is 20.8 Å². The third-order valence-electron chi connectivity index (χ3n) is 4.31. The molecule has 0 saturated carbocycles. The van der Waals surface area contributed by atoms with E-state index in [1.54, 1.807) is 30.3 Å². The molecule has 1 heterocycles. The van der Waals surface area contributed by atoms with Gasteiger partial charge in [0, 0.05) is 11.8 Å². The van der Waals surface area contributed by atoms with Gasteiger partial charge in [0.15, 0.2) is 4.34 Å². The SMILES string of the molecule is O=C(/C=C/c1ccccc1)Nc1nnc(SCC(=O)Nc2ccc(Oc3ccccc3)cc2)s1. The van der Waals surface area contributed by atoms with Gasteiger partial charge < -0.3 is 10.1 Å². The second kappa shape index (κ2) is 11.8. The molecular weight excluding hydrogens is 468 g/mol. The minimum Gasteiger partial charge on any atom is -0.457 e. The number of hydrogen-bond acceptors (Lipinski definition) is 7. The average Bonchev–Trinajstić information content (AvgIpc) is 3.31. The molecule has 34 heavy (non-hydrogen) atoms. The first-order chi connectivity index (χ1) is 16.6. The molecule has 4 aromatic rings. The first-order valence-electron chi connectivity index (χ1n) is 10.3. The van der Waals surface area contributed by atoms with Gasteiger partial charge in [0.1, 0.15) is 11.5 Å². The molecule has 9 heteroatoms. The Balaban J connectivity index is 1.21. The molecule has 3 aromatic carbocycles. The van der Waals surface area contributed by atoms with Crippen LogP contribution in [-0.2, 0) is 9.59 Å². The highest BCUT2D eigenvalue weighted by atomic mass is 32.2. The molecule has 0 unspecified atom stereocenters. The van der Waals surface area contributed by atoms with Gasteiger partial charge in [-0.2, -0.15) is 0 Å². The van der Waals surface area contributed by atoms with Crippen molar-refractivity contribution in [3.05, 3.63) is 96.6 Å². The maximum absolute atomic E-state index is 12.3. The lowest BCUT2D eigenvalue weighted by atomic mass is 10.2. The third-order valence-corrected chi connectivity index (χ3v) is 6.28. The Hall–Kier alpha value is -3.95.